The minimum Gasteiger partial charge on any atom is -0.358 e. The molecule has 0 amide bonds. The first-order chi connectivity index (χ1) is 11.5. The Morgan fingerprint density at radius 3 is 2.88 bits per heavy atom. The van der Waals surface area contributed by atoms with Crippen LogP contribution in [0.1, 0.15) is 11.1 Å². The molecule has 0 saturated carbocycles. The van der Waals surface area contributed by atoms with Gasteiger partial charge in [0.25, 0.3) is 0 Å². The first-order valence-electron chi connectivity index (χ1n) is 7.38. The van der Waals surface area contributed by atoms with Crippen molar-refractivity contribution in [1.29, 1.82) is 0 Å². The van der Waals surface area contributed by atoms with E-state index in [2.05, 4.69) is 4.98 Å². The van der Waals surface area contributed by atoms with Crippen molar-refractivity contribution in [3.05, 3.63) is 69.4 Å². The Morgan fingerprint density at radius 2 is 2.08 bits per heavy atom. The number of anilines is 1. The molecule has 0 aliphatic carbocycles. The first kappa shape index (κ1) is 14.6. The summed E-state index contributed by atoms with van der Waals surface area (Å²) in [6.45, 7) is 0.551. The molecule has 6 nitrogen and oxygen atoms in total. The molecule has 3 aromatic rings. The second kappa shape index (κ2) is 5.26. The number of aromatic nitrogens is 2. The quantitative estimate of drug-likeness (QED) is 0.535. The highest BCUT2D eigenvalue weighted by Crippen LogP contribution is 2.33. The van der Waals surface area contributed by atoms with Gasteiger partial charge in [0.1, 0.15) is 11.6 Å². The van der Waals surface area contributed by atoms with Crippen LogP contribution in [0.5, 0.6) is 0 Å². The third-order valence-electron chi connectivity index (χ3n) is 4.21. The number of nitrogens with zero attached hydrogens (tertiary/aromatic N) is 4. The minimum atomic E-state index is -0.655. The standard InChI is InChI=1S/C16H12F2N4O2/c17-11-7-10-9-20(6-4-12(10)13(18)8-11)15-16(22(23)24)21-5-2-1-3-14(21)19-15/h1-3,5,7-8H,4,6,9H2. The lowest BCUT2D eigenvalue weighted by molar-refractivity contribution is -0.389. The highest BCUT2D eigenvalue weighted by atomic mass is 19.1. The molecule has 0 N–H and O–H groups in total. The Bertz CT molecular complexity index is 970. The lowest BCUT2D eigenvalue weighted by Gasteiger charge is -2.28. The number of rotatable bonds is 2. The summed E-state index contributed by atoms with van der Waals surface area (Å²) in [5, 5.41) is 11.5. The molecule has 8 heteroatoms. The summed E-state index contributed by atoms with van der Waals surface area (Å²) in [6.07, 6.45) is 1.91. The fraction of sp³-hybridized carbons (Fsp3) is 0.188. The topological polar surface area (TPSA) is 63.7 Å². The lowest BCUT2D eigenvalue weighted by atomic mass is 9.99. The summed E-state index contributed by atoms with van der Waals surface area (Å²) >= 11 is 0. The van der Waals surface area contributed by atoms with E-state index >= 15 is 0 Å². The molecule has 0 atom stereocenters. The van der Waals surface area contributed by atoms with Crippen molar-refractivity contribution in [2.45, 2.75) is 13.0 Å². The van der Waals surface area contributed by atoms with Gasteiger partial charge >= 0.3 is 5.82 Å². The number of fused-ring (bicyclic) bond motifs is 2. The molecule has 0 unspecified atom stereocenters. The van der Waals surface area contributed by atoms with Gasteiger partial charge in [-0.25, -0.2) is 8.78 Å². The van der Waals surface area contributed by atoms with Crippen molar-refractivity contribution in [3.63, 3.8) is 0 Å². The van der Waals surface area contributed by atoms with Gasteiger partial charge in [0, 0.05) is 25.2 Å². The molecule has 122 valence electrons. The zero-order valence-corrected chi connectivity index (χ0v) is 12.4. The SMILES string of the molecule is O=[N+]([O-])c1c(N2CCc3c(F)cc(F)cc3C2)nc2ccccn12. The summed E-state index contributed by atoms with van der Waals surface area (Å²) < 4.78 is 28.7. The van der Waals surface area contributed by atoms with E-state index < -0.39 is 16.6 Å². The summed E-state index contributed by atoms with van der Waals surface area (Å²) in [5.41, 5.74) is 1.40. The van der Waals surface area contributed by atoms with E-state index in [0.717, 1.165) is 6.07 Å². The zero-order chi connectivity index (χ0) is 16.8. The van der Waals surface area contributed by atoms with Gasteiger partial charge in [-0.2, -0.15) is 9.38 Å². The summed E-state index contributed by atoms with van der Waals surface area (Å²) in [4.78, 5) is 17.0. The largest absolute Gasteiger partial charge is 0.372 e. The average molecular weight is 330 g/mol. The van der Waals surface area contributed by atoms with Crippen molar-refractivity contribution in [3.8, 4) is 0 Å². The van der Waals surface area contributed by atoms with Crippen molar-refractivity contribution < 1.29 is 13.7 Å². The van der Waals surface area contributed by atoms with Crippen LogP contribution in [-0.4, -0.2) is 20.9 Å². The smallest absolute Gasteiger partial charge is 0.358 e. The summed E-state index contributed by atoms with van der Waals surface area (Å²) in [5.74, 6) is -1.17. The average Bonchev–Trinajstić information content (AvgIpc) is 2.93. The molecule has 0 saturated heterocycles. The molecule has 1 aromatic carbocycles. The van der Waals surface area contributed by atoms with Crippen LogP contribution in [0.3, 0.4) is 0 Å². The van der Waals surface area contributed by atoms with Gasteiger partial charge in [-0.3, -0.25) is 0 Å². The number of pyridine rings is 1. The van der Waals surface area contributed by atoms with Crippen molar-refractivity contribution in [2.24, 2.45) is 0 Å². The van der Waals surface area contributed by atoms with Crippen LogP contribution >= 0.6 is 0 Å². The molecule has 0 radical (unpaired) electrons. The summed E-state index contributed by atoms with van der Waals surface area (Å²) in [6, 6.07) is 7.23. The van der Waals surface area contributed by atoms with Crippen molar-refractivity contribution >= 4 is 17.3 Å². The Kier molecular flexibility index (Phi) is 3.19. The molecule has 4 rings (SSSR count). The molecule has 0 bridgehead atoms. The van der Waals surface area contributed by atoms with Gasteiger partial charge in [0.05, 0.1) is 6.20 Å². The van der Waals surface area contributed by atoms with Crippen LogP contribution in [0.2, 0.25) is 0 Å². The van der Waals surface area contributed by atoms with Crippen LogP contribution in [0, 0.1) is 21.7 Å². The molecule has 0 fully saturated rings. The molecule has 0 spiro atoms. The zero-order valence-electron chi connectivity index (χ0n) is 12.4. The van der Waals surface area contributed by atoms with Gasteiger partial charge < -0.3 is 15.0 Å². The lowest BCUT2D eigenvalue weighted by Crippen LogP contribution is -2.31. The molecule has 3 heterocycles. The Labute approximate surface area is 135 Å². The van der Waals surface area contributed by atoms with E-state index in [-0.39, 0.29) is 18.2 Å². The van der Waals surface area contributed by atoms with Crippen LogP contribution in [-0.2, 0) is 13.0 Å². The number of halogens is 2. The molecular formula is C16H12F2N4O2. The van der Waals surface area contributed by atoms with E-state index in [1.165, 1.54) is 10.5 Å². The Balaban J connectivity index is 1.81. The highest BCUT2D eigenvalue weighted by molar-refractivity contribution is 5.64. The van der Waals surface area contributed by atoms with Crippen molar-refractivity contribution in [1.82, 2.24) is 9.38 Å². The maximum atomic E-state index is 13.9. The van der Waals surface area contributed by atoms with Crippen LogP contribution in [0.25, 0.3) is 5.65 Å². The molecule has 24 heavy (non-hydrogen) atoms. The first-order valence-corrected chi connectivity index (χ1v) is 7.38. The van der Waals surface area contributed by atoms with E-state index in [1.54, 1.807) is 29.3 Å². The minimum absolute atomic E-state index is 0.147. The van der Waals surface area contributed by atoms with Gasteiger partial charge in [-0.1, -0.05) is 6.07 Å². The predicted octanol–water partition coefficient (Wildman–Crippen LogP) is 3.08. The maximum absolute atomic E-state index is 13.9. The third kappa shape index (κ3) is 2.18. The van der Waals surface area contributed by atoms with Crippen LogP contribution < -0.4 is 4.90 Å². The molecule has 1 aliphatic heterocycles. The normalized spacial score (nSPS) is 14.0. The monoisotopic (exact) mass is 330 g/mol. The van der Waals surface area contributed by atoms with E-state index in [4.69, 9.17) is 0 Å². The highest BCUT2D eigenvalue weighted by Gasteiger charge is 2.30. The number of benzene rings is 1. The van der Waals surface area contributed by atoms with E-state index in [0.29, 0.717) is 29.7 Å². The predicted molar refractivity (Wildman–Crippen MR) is 83.0 cm³/mol. The van der Waals surface area contributed by atoms with Gasteiger partial charge in [0.15, 0.2) is 0 Å². The molecule has 2 aromatic heterocycles. The number of imidazole rings is 1. The second-order valence-electron chi connectivity index (χ2n) is 5.64. The summed E-state index contributed by atoms with van der Waals surface area (Å²) in [7, 11) is 0. The van der Waals surface area contributed by atoms with Gasteiger partial charge in [-0.15, -0.1) is 0 Å². The fourth-order valence-electron chi connectivity index (χ4n) is 3.14. The molecular weight excluding hydrogens is 318 g/mol. The van der Waals surface area contributed by atoms with Gasteiger partial charge in [0.2, 0.25) is 11.5 Å². The second-order valence-corrected chi connectivity index (χ2v) is 5.64. The van der Waals surface area contributed by atoms with Crippen LogP contribution in [0.4, 0.5) is 20.4 Å². The van der Waals surface area contributed by atoms with E-state index in [9.17, 15) is 18.9 Å². The van der Waals surface area contributed by atoms with Gasteiger partial charge in [-0.05, 0) is 34.6 Å². The maximum Gasteiger partial charge on any atom is 0.372 e. The number of hydrogen-bond acceptors (Lipinski definition) is 4. The number of hydrogen-bond donors (Lipinski definition) is 0. The van der Waals surface area contributed by atoms with E-state index in [1.807, 2.05) is 0 Å². The van der Waals surface area contributed by atoms with Crippen molar-refractivity contribution in [2.75, 3.05) is 11.4 Å². The third-order valence-corrected chi connectivity index (χ3v) is 4.21. The molecule has 1 aliphatic rings. The number of nitro groups is 1. The Morgan fingerprint density at radius 1 is 1.25 bits per heavy atom. The fourth-order valence-corrected chi connectivity index (χ4v) is 3.14. The van der Waals surface area contributed by atoms with Crippen LogP contribution in [0.15, 0.2) is 36.5 Å². The Hall–Kier alpha value is -3.03.